The summed E-state index contributed by atoms with van der Waals surface area (Å²) >= 11 is 3.40. The van der Waals surface area contributed by atoms with Crippen LogP contribution in [-0.4, -0.2) is 23.4 Å². The van der Waals surface area contributed by atoms with E-state index in [1.165, 1.54) is 0 Å². The lowest BCUT2D eigenvalue weighted by atomic mass is 10.0. The molecule has 0 aliphatic rings. The Labute approximate surface area is 165 Å². The maximum atomic E-state index is 12.3. The molecule has 0 spiro atoms. The van der Waals surface area contributed by atoms with Crippen molar-refractivity contribution in [3.05, 3.63) is 75.9 Å². The van der Waals surface area contributed by atoms with Crippen LogP contribution in [0, 0.1) is 6.92 Å². The summed E-state index contributed by atoms with van der Waals surface area (Å²) in [5.74, 6) is 0.286. The second-order valence-corrected chi connectivity index (χ2v) is 7.16. The molecule has 1 amide bonds. The molecule has 0 aliphatic carbocycles. The molecule has 6 heteroatoms. The van der Waals surface area contributed by atoms with Gasteiger partial charge in [-0.1, -0.05) is 51.4 Å². The van der Waals surface area contributed by atoms with Crippen molar-refractivity contribution in [3.8, 4) is 11.3 Å². The van der Waals surface area contributed by atoms with Crippen LogP contribution in [-0.2, 0) is 0 Å². The Balaban J connectivity index is 1.48. The first-order valence-electron chi connectivity index (χ1n) is 8.63. The van der Waals surface area contributed by atoms with E-state index in [1.54, 1.807) is 6.07 Å². The Bertz CT molecular complexity index is 931. The number of Topliss-reactive ketones (excluding diaryl/α,β-unsaturated/α-hetero) is 1. The predicted octanol–water partition coefficient (Wildman–Crippen LogP) is 4.81. The minimum atomic E-state index is -0.313. The van der Waals surface area contributed by atoms with Crippen LogP contribution < -0.4 is 5.32 Å². The number of hydrogen-bond donors (Lipinski definition) is 1. The third-order valence-corrected chi connectivity index (χ3v) is 4.49. The average molecular weight is 427 g/mol. The lowest BCUT2D eigenvalue weighted by Crippen LogP contribution is -2.25. The smallest absolute Gasteiger partial charge is 0.273 e. The summed E-state index contributed by atoms with van der Waals surface area (Å²) in [6.45, 7) is 2.34. The van der Waals surface area contributed by atoms with Gasteiger partial charge in [-0.2, -0.15) is 0 Å². The largest absolute Gasteiger partial charge is 0.355 e. The molecule has 1 aromatic heterocycles. The van der Waals surface area contributed by atoms with E-state index < -0.39 is 0 Å². The van der Waals surface area contributed by atoms with E-state index in [0.29, 0.717) is 30.7 Å². The number of rotatable bonds is 7. The third-order valence-electron chi connectivity index (χ3n) is 4.03. The minimum Gasteiger partial charge on any atom is -0.355 e. The first kappa shape index (κ1) is 19.0. The van der Waals surface area contributed by atoms with E-state index in [9.17, 15) is 9.59 Å². The number of nitrogens with one attached hydrogen (secondary N) is 1. The van der Waals surface area contributed by atoms with Gasteiger partial charge in [-0.05, 0) is 37.1 Å². The number of nitrogens with zero attached hydrogens (tertiary/aromatic N) is 1. The predicted molar refractivity (Wildman–Crippen MR) is 107 cm³/mol. The summed E-state index contributed by atoms with van der Waals surface area (Å²) in [5.41, 5.74) is 2.79. The fraction of sp³-hybridized carbons (Fsp3) is 0.190. The zero-order valence-electron chi connectivity index (χ0n) is 14.9. The molecule has 0 unspecified atom stereocenters. The van der Waals surface area contributed by atoms with Crippen molar-refractivity contribution in [1.29, 1.82) is 0 Å². The highest BCUT2D eigenvalue weighted by Gasteiger charge is 2.13. The number of hydrogen-bond acceptors (Lipinski definition) is 4. The molecule has 0 saturated heterocycles. The number of carbonyl (C=O) groups is 2. The van der Waals surface area contributed by atoms with Crippen LogP contribution in [0.15, 0.2) is 63.6 Å². The van der Waals surface area contributed by atoms with Crippen LogP contribution in [0.3, 0.4) is 0 Å². The van der Waals surface area contributed by atoms with Gasteiger partial charge in [0.25, 0.3) is 5.91 Å². The summed E-state index contributed by atoms with van der Waals surface area (Å²) in [6.07, 6.45) is 0.920. The topological polar surface area (TPSA) is 72.2 Å². The van der Waals surface area contributed by atoms with E-state index in [0.717, 1.165) is 15.6 Å². The summed E-state index contributed by atoms with van der Waals surface area (Å²) < 4.78 is 6.12. The fourth-order valence-electron chi connectivity index (χ4n) is 2.70. The molecule has 1 heterocycles. The van der Waals surface area contributed by atoms with Gasteiger partial charge in [0.2, 0.25) is 0 Å². The zero-order chi connectivity index (χ0) is 19.2. The summed E-state index contributed by atoms with van der Waals surface area (Å²) in [4.78, 5) is 24.4. The molecule has 2 aromatic carbocycles. The lowest BCUT2D eigenvalue weighted by molar-refractivity contribution is 0.0931. The summed E-state index contributed by atoms with van der Waals surface area (Å²) in [5, 5.41) is 6.58. The van der Waals surface area contributed by atoms with E-state index in [-0.39, 0.29) is 17.4 Å². The van der Waals surface area contributed by atoms with Gasteiger partial charge in [-0.3, -0.25) is 9.59 Å². The van der Waals surface area contributed by atoms with Crippen molar-refractivity contribution >= 4 is 27.6 Å². The Morgan fingerprint density at radius 1 is 1.11 bits per heavy atom. The number of amides is 1. The van der Waals surface area contributed by atoms with Crippen molar-refractivity contribution in [2.45, 2.75) is 19.8 Å². The number of ketones is 1. The van der Waals surface area contributed by atoms with Crippen molar-refractivity contribution in [3.63, 3.8) is 0 Å². The number of aromatic nitrogens is 1. The molecule has 0 saturated carbocycles. The highest BCUT2D eigenvalue weighted by Crippen LogP contribution is 2.20. The molecular weight excluding hydrogens is 408 g/mol. The number of benzene rings is 2. The van der Waals surface area contributed by atoms with Crippen molar-refractivity contribution in [2.24, 2.45) is 0 Å². The lowest BCUT2D eigenvalue weighted by Gasteiger charge is -2.05. The van der Waals surface area contributed by atoms with Crippen molar-refractivity contribution < 1.29 is 14.1 Å². The highest BCUT2D eigenvalue weighted by atomic mass is 79.9. The SMILES string of the molecule is Cc1cc(Br)cc(C(=O)CCCNC(=O)c2cc(-c3ccccc3)on2)c1. The molecule has 0 fully saturated rings. The molecule has 1 N–H and O–H groups in total. The number of aryl methyl sites for hydroxylation is 1. The second kappa shape index (κ2) is 8.77. The molecule has 3 rings (SSSR count). The van der Waals surface area contributed by atoms with Gasteiger partial charge in [0, 0.05) is 34.6 Å². The maximum absolute atomic E-state index is 12.3. The Morgan fingerprint density at radius 2 is 1.89 bits per heavy atom. The molecule has 3 aromatic rings. The molecule has 0 aliphatic heterocycles. The minimum absolute atomic E-state index is 0.0569. The first-order chi connectivity index (χ1) is 13.0. The third kappa shape index (κ3) is 5.14. The standard InChI is InChI=1S/C21H19BrN2O3/c1-14-10-16(12-17(22)11-14)19(25)8-5-9-23-21(26)18-13-20(27-24-18)15-6-3-2-4-7-15/h2-4,6-7,10-13H,5,8-9H2,1H3,(H,23,26). The van der Waals surface area contributed by atoms with Crippen LogP contribution in [0.1, 0.15) is 39.3 Å². The van der Waals surface area contributed by atoms with Crippen LogP contribution in [0.4, 0.5) is 0 Å². The van der Waals surface area contributed by atoms with E-state index in [4.69, 9.17) is 4.52 Å². The van der Waals surface area contributed by atoms with Gasteiger partial charge >= 0.3 is 0 Å². The van der Waals surface area contributed by atoms with Crippen LogP contribution in [0.5, 0.6) is 0 Å². The monoisotopic (exact) mass is 426 g/mol. The van der Waals surface area contributed by atoms with Gasteiger partial charge in [0.1, 0.15) is 0 Å². The highest BCUT2D eigenvalue weighted by molar-refractivity contribution is 9.10. The Kier molecular flexibility index (Phi) is 6.19. The first-order valence-corrected chi connectivity index (χ1v) is 9.43. The average Bonchev–Trinajstić information content (AvgIpc) is 3.15. The van der Waals surface area contributed by atoms with E-state index >= 15 is 0 Å². The molecule has 0 radical (unpaired) electrons. The molecule has 5 nitrogen and oxygen atoms in total. The molecule has 27 heavy (non-hydrogen) atoms. The maximum Gasteiger partial charge on any atom is 0.273 e. The van der Waals surface area contributed by atoms with Gasteiger partial charge < -0.3 is 9.84 Å². The second-order valence-electron chi connectivity index (χ2n) is 6.24. The Hall–Kier alpha value is -2.73. The van der Waals surface area contributed by atoms with E-state index in [2.05, 4.69) is 26.4 Å². The van der Waals surface area contributed by atoms with Gasteiger partial charge in [0.15, 0.2) is 17.2 Å². The summed E-state index contributed by atoms with van der Waals surface area (Å²) in [6, 6.07) is 16.7. The zero-order valence-corrected chi connectivity index (χ0v) is 16.5. The van der Waals surface area contributed by atoms with Crippen molar-refractivity contribution in [1.82, 2.24) is 10.5 Å². The molecule has 0 atom stereocenters. The van der Waals surface area contributed by atoms with Gasteiger partial charge in [0.05, 0.1) is 0 Å². The van der Waals surface area contributed by atoms with Gasteiger partial charge in [-0.25, -0.2) is 0 Å². The fourth-order valence-corrected chi connectivity index (χ4v) is 3.31. The van der Waals surface area contributed by atoms with Crippen molar-refractivity contribution in [2.75, 3.05) is 6.54 Å². The molecular formula is C21H19BrN2O3. The Morgan fingerprint density at radius 3 is 2.63 bits per heavy atom. The molecule has 0 bridgehead atoms. The number of halogens is 1. The summed E-state index contributed by atoms with van der Waals surface area (Å²) in [7, 11) is 0. The number of carbonyl (C=O) groups excluding carboxylic acids is 2. The van der Waals surface area contributed by atoms with Crippen LogP contribution >= 0.6 is 15.9 Å². The quantitative estimate of drug-likeness (QED) is 0.434. The normalized spacial score (nSPS) is 10.6. The van der Waals surface area contributed by atoms with E-state index in [1.807, 2.05) is 55.5 Å². The van der Waals surface area contributed by atoms with Gasteiger partial charge in [-0.15, -0.1) is 0 Å². The molecule has 138 valence electrons. The van der Waals surface area contributed by atoms with Crippen LogP contribution in [0.2, 0.25) is 0 Å². The van der Waals surface area contributed by atoms with Crippen LogP contribution in [0.25, 0.3) is 11.3 Å².